The van der Waals surface area contributed by atoms with Gasteiger partial charge in [-0.25, -0.2) is 0 Å². The minimum atomic E-state index is -0.317. The molecule has 0 unspecified atom stereocenters. The van der Waals surface area contributed by atoms with Crippen molar-refractivity contribution in [1.82, 2.24) is 0 Å². The summed E-state index contributed by atoms with van der Waals surface area (Å²) in [6, 6.07) is 7.85. The minimum absolute atomic E-state index is 0.317. The second-order valence-corrected chi connectivity index (χ2v) is 5.15. The van der Waals surface area contributed by atoms with Gasteiger partial charge >= 0.3 is 0 Å². The van der Waals surface area contributed by atoms with Crippen molar-refractivity contribution in [2.75, 3.05) is 12.9 Å². The van der Waals surface area contributed by atoms with Gasteiger partial charge in [0, 0.05) is 10.4 Å². The van der Waals surface area contributed by atoms with Crippen LogP contribution in [0.4, 0.5) is 0 Å². The normalized spacial score (nSPS) is 11.1. The van der Waals surface area contributed by atoms with Gasteiger partial charge in [0.15, 0.2) is 0 Å². The van der Waals surface area contributed by atoms with Crippen LogP contribution >= 0.6 is 11.8 Å². The van der Waals surface area contributed by atoms with Gasteiger partial charge in [0.25, 0.3) is 0 Å². The second kappa shape index (κ2) is 6.67. The molecular formula is C14H20N2OS. The van der Waals surface area contributed by atoms with Crippen LogP contribution in [0, 0.1) is 11.3 Å². The Balaban J connectivity index is 2.89. The minimum Gasteiger partial charge on any atom is -0.490 e. The first-order valence-electron chi connectivity index (χ1n) is 6.09. The van der Waals surface area contributed by atoms with Gasteiger partial charge in [-0.1, -0.05) is 19.9 Å². The van der Waals surface area contributed by atoms with E-state index in [1.165, 1.54) is 0 Å². The summed E-state index contributed by atoms with van der Waals surface area (Å²) in [5.74, 6) is 0.626. The molecule has 0 amide bonds. The third-order valence-corrected chi connectivity index (χ3v) is 4.02. The molecule has 0 aromatic heterocycles. The Morgan fingerprint density at radius 2 is 2.06 bits per heavy atom. The van der Waals surface area contributed by atoms with Crippen molar-refractivity contribution in [3.8, 4) is 11.8 Å². The first-order valence-corrected chi connectivity index (χ1v) is 7.31. The lowest BCUT2D eigenvalue weighted by atomic mass is 9.95. The molecule has 0 saturated heterocycles. The number of hydrogen-bond donors (Lipinski definition) is 1. The molecule has 1 aromatic rings. The van der Waals surface area contributed by atoms with Crippen molar-refractivity contribution >= 4 is 11.8 Å². The summed E-state index contributed by atoms with van der Waals surface area (Å²) in [5, 5.41) is 9.20. The molecule has 1 rings (SSSR count). The highest BCUT2D eigenvalue weighted by molar-refractivity contribution is 7.98. The quantitative estimate of drug-likeness (QED) is 0.802. The van der Waals surface area contributed by atoms with Gasteiger partial charge in [0.2, 0.25) is 0 Å². The van der Waals surface area contributed by atoms with Crippen LogP contribution in [0.3, 0.4) is 0 Å². The van der Waals surface area contributed by atoms with Crippen LogP contribution in [0.25, 0.3) is 0 Å². The van der Waals surface area contributed by atoms with Crippen molar-refractivity contribution < 1.29 is 4.74 Å². The Kier molecular flexibility index (Phi) is 5.52. The third-order valence-electron chi connectivity index (χ3n) is 3.24. The van der Waals surface area contributed by atoms with Crippen LogP contribution < -0.4 is 10.5 Å². The zero-order chi connectivity index (χ0) is 13.6. The molecule has 0 aliphatic heterocycles. The molecule has 18 heavy (non-hydrogen) atoms. The molecule has 0 radical (unpaired) electrons. The molecule has 0 atom stereocenters. The first kappa shape index (κ1) is 14.9. The molecule has 3 nitrogen and oxygen atoms in total. The lowest BCUT2D eigenvalue weighted by Crippen LogP contribution is -2.44. The van der Waals surface area contributed by atoms with E-state index in [9.17, 15) is 5.26 Å². The molecule has 0 aliphatic carbocycles. The maximum Gasteiger partial charge on any atom is 0.138 e. The number of nitriles is 1. The fraction of sp³-hybridized carbons (Fsp3) is 0.500. The summed E-state index contributed by atoms with van der Waals surface area (Å²) in [7, 11) is 0. The van der Waals surface area contributed by atoms with Crippen LogP contribution in [0.1, 0.15) is 32.3 Å². The zero-order valence-electron chi connectivity index (χ0n) is 11.2. The van der Waals surface area contributed by atoms with E-state index in [4.69, 9.17) is 10.5 Å². The van der Waals surface area contributed by atoms with Crippen LogP contribution in [0.5, 0.6) is 5.75 Å². The number of ether oxygens (including phenoxy) is 1. The van der Waals surface area contributed by atoms with E-state index in [0.717, 1.165) is 17.7 Å². The van der Waals surface area contributed by atoms with E-state index in [1.807, 2.05) is 24.5 Å². The molecule has 0 heterocycles. The van der Waals surface area contributed by atoms with Gasteiger partial charge in [0.1, 0.15) is 24.0 Å². The number of thioether (sulfide) groups is 1. The predicted molar refractivity (Wildman–Crippen MR) is 75.9 cm³/mol. The van der Waals surface area contributed by atoms with E-state index in [-0.39, 0.29) is 5.54 Å². The molecule has 0 saturated carbocycles. The van der Waals surface area contributed by atoms with Crippen molar-refractivity contribution in [1.29, 1.82) is 5.26 Å². The summed E-state index contributed by atoms with van der Waals surface area (Å²) >= 11 is 1.55. The average Bonchev–Trinajstić information content (AvgIpc) is 2.44. The van der Waals surface area contributed by atoms with Crippen LogP contribution in [0.15, 0.2) is 23.1 Å². The number of rotatable bonds is 6. The molecular weight excluding hydrogens is 244 g/mol. The smallest absolute Gasteiger partial charge is 0.138 e. The molecule has 2 N–H and O–H groups in total. The fourth-order valence-corrected chi connectivity index (χ4v) is 2.15. The average molecular weight is 264 g/mol. The van der Waals surface area contributed by atoms with Crippen LogP contribution in [0.2, 0.25) is 0 Å². The predicted octanol–water partition coefficient (Wildman–Crippen LogP) is 3.18. The van der Waals surface area contributed by atoms with Crippen LogP contribution in [-0.2, 0) is 0 Å². The fourth-order valence-electron chi connectivity index (χ4n) is 1.59. The molecule has 0 spiro atoms. The van der Waals surface area contributed by atoms with Gasteiger partial charge in [-0.15, -0.1) is 11.8 Å². The largest absolute Gasteiger partial charge is 0.490 e. The highest BCUT2D eigenvalue weighted by Crippen LogP contribution is 2.28. The van der Waals surface area contributed by atoms with Gasteiger partial charge in [-0.2, -0.15) is 5.26 Å². The second-order valence-electron chi connectivity index (χ2n) is 4.30. The molecule has 0 aliphatic rings. The topological polar surface area (TPSA) is 59.0 Å². The van der Waals surface area contributed by atoms with Crippen molar-refractivity contribution in [2.45, 2.75) is 37.1 Å². The molecule has 0 fully saturated rings. The van der Waals surface area contributed by atoms with Crippen LogP contribution in [-0.4, -0.2) is 18.4 Å². The summed E-state index contributed by atoms with van der Waals surface area (Å²) in [6.07, 6.45) is 3.66. The Bertz CT molecular complexity index is 436. The molecule has 4 heteroatoms. The lowest BCUT2D eigenvalue weighted by Gasteiger charge is -2.26. The highest BCUT2D eigenvalue weighted by atomic mass is 32.2. The first-order chi connectivity index (χ1) is 8.60. The number of hydrogen-bond acceptors (Lipinski definition) is 4. The molecule has 1 aromatic carbocycles. The number of nitrogens with zero attached hydrogens (tertiary/aromatic N) is 1. The van der Waals surface area contributed by atoms with Gasteiger partial charge in [-0.3, -0.25) is 0 Å². The van der Waals surface area contributed by atoms with Gasteiger partial charge < -0.3 is 10.5 Å². The Morgan fingerprint density at radius 3 is 2.56 bits per heavy atom. The number of nitrogens with two attached hydrogens (primary N) is 1. The summed E-state index contributed by atoms with van der Waals surface area (Å²) in [4.78, 5) is 0.936. The maximum absolute atomic E-state index is 9.20. The van der Waals surface area contributed by atoms with E-state index >= 15 is 0 Å². The Labute approximate surface area is 113 Å². The number of benzene rings is 1. The molecule has 98 valence electrons. The van der Waals surface area contributed by atoms with Crippen molar-refractivity contribution in [3.63, 3.8) is 0 Å². The standard InChI is InChI=1S/C14H20N2OS/c1-4-14(16,5-2)10-17-12-7-6-8-13(18-3)11(12)9-15/h6-8H,4-5,10,16H2,1-3H3. The van der Waals surface area contributed by atoms with E-state index in [0.29, 0.717) is 17.9 Å². The van der Waals surface area contributed by atoms with Gasteiger partial charge in [0.05, 0.1) is 0 Å². The summed E-state index contributed by atoms with van der Waals surface area (Å²) in [6.45, 7) is 4.54. The summed E-state index contributed by atoms with van der Waals surface area (Å²) in [5.41, 5.74) is 6.47. The lowest BCUT2D eigenvalue weighted by molar-refractivity contribution is 0.206. The SMILES string of the molecule is CCC(N)(CC)COc1cccc(SC)c1C#N. The maximum atomic E-state index is 9.20. The van der Waals surface area contributed by atoms with E-state index in [1.54, 1.807) is 11.8 Å². The monoisotopic (exact) mass is 264 g/mol. The highest BCUT2D eigenvalue weighted by Gasteiger charge is 2.22. The van der Waals surface area contributed by atoms with E-state index in [2.05, 4.69) is 19.9 Å². The van der Waals surface area contributed by atoms with Crippen molar-refractivity contribution in [3.05, 3.63) is 23.8 Å². The Hall–Kier alpha value is -1.18. The van der Waals surface area contributed by atoms with Crippen molar-refractivity contribution in [2.24, 2.45) is 5.73 Å². The van der Waals surface area contributed by atoms with Gasteiger partial charge in [-0.05, 0) is 31.2 Å². The zero-order valence-corrected chi connectivity index (χ0v) is 12.0. The third kappa shape index (κ3) is 3.41. The summed E-state index contributed by atoms with van der Waals surface area (Å²) < 4.78 is 5.76. The van der Waals surface area contributed by atoms with E-state index < -0.39 is 0 Å². The Morgan fingerprint density at radius 1 is 1.39 bits per heavy atom. The molecule has 0 bridgehead atoms.